The Morgan fingerprint density at radius 1 is 1.05 bits per heavy atom. The van der Waals surface area contributed by atoms with Crippen LogP contribution in [0, 0.1) is 0 Å². The predicted molar refractivity (Wildman–Crippen MR) is 69.2 cm³/mol. The number of aliphatic hydroxyl groups is 1. The Morgan fingerprint density at radius 2 is 1.84 bits per heavy atom. The quantitative estimate of drug-likeness (QED) is 0.579. The first kappa shape index (κ1) is 11.6. The monoisotopic (exact) mass is 258 g/mol. The van der Waals surface area contributed by atoms with Crippen molar-refractivity contribution in [3.05, 3.63) is 46.1 Å². The molecule has 0 atom stereocenters. The molecule has 96 valence electrons. The van der Waals surface area contributed by atoms with Crippen molar-refractivity contribution in [2.75, 3.05) is 0 Å². The van der Waals surface area contributed by atoms with Gasteiger partial charge < -0.3 is 19.7 Å². The van der Waals surface area contributed by atoms with Crippen LogP contribution in [0.4, 0.5) is 0 Å². The van der Waals surface area contributed by atoms with E-state index in [1.807, 2.05) is 0 Å². The highest BCUT2D eigenvalue weighted by Gasteiger charge is 2.13. The zero-order valence-corrected chi connectivity index (χ0v) is 9.75. The van der Waals surface area contributed by atoms with Crippen molar-refractivity contribution in [3.63, 3.8) is 0 Å². The maximum Gasteiger partial charge on any atom is 0.204 e. The van der Waals surface area contributed by atoms with Gasteiger partial charge in [-0.1, -0.05) is 0 Å². The Morgan fingerprint density at radius 3 is 2.58 bits per heavy atom. The van der Waals surface area contributed by atoms with Crippen LogP contribution in [0.1, 0.15) is 5.56 Å². The molecule has 1 heterocycles. The van der Waals surface area contributed by atoms with Gasteiger partial charge in [-0.3, -0.25) is 4.79 Å². The van der Waals surface area contributed by atoms with Crippen molar-refractivity contribution in [3.8, 4) is 11.5 Å². The zero-order valence-electron chi connectivity index (χ0n) is 9.75. The molecule has 0 bridgehead atoms. The number of benzene rings is 2. The van der Waals surface area contributed by atoms with Crippen molar-refractivity contribution in [2.45, 2.75) is 6.61 Å². The molecule has 0 radical (unpaired) electrons. The summed E-state index contributed by atoms with van der Waals surface area (Å²) in [7, 11) is 0. The van der Waals surface area contributed by atoms with Gasteiger partial charge in [0.1, 0.15) is 28.1 Å². The van der Waals surface area contributed by atoms with E-state index in [-0.39, 0.29) is 34.5 Å². The van der Waals surface area contributed by atoms with E-state index in [1.165, 1.54) is 30.3 Å². The summed E-state index contributed by atoms with van der Waals surface area (Å²) in [6, 6.07) is 7.00. The molecule has 19 heavy (non-hydrogen) atoms. The molecular formula is C14H10O5. The summed E-state index contributed by atoms with van der Waals surface area (Å²) in [5.41, 5.74) is 0.539. The third-order valence-corrected chi connectivity index (χ3v) is 2.98. The molecule has 1 aromatic heterocycles. The molecule has 0 aliphatic rings. The number of aliphatic hydroxyl groups excluding tert-OH is 1. The van der Waals surface area contributed by atoms with E-state index < -0.39 is 5.43 Å². The molecule has 0 saturated heterocycles. The predicted octanol–water partition coefficient (Wildman–Crippen LogP) is 1.85. The fourth-order valence-electron chi connectivity index (χ4n) is 2.09. The normalized spacial score (nSPS) is 11.2. The highest BCUT2D eigenvalue weighted by Crippen LogP contribution is 2.28. The maximum atomic E-state index is 12.3. The van der Waals surface area contributed by atoms with Crippen molar-refractivity contribution < 1.29 is 19.7 Å². The molecule has 3 aromatic rings. The number of phenolic OH excluding ortho intramolecular Hbond substituents is 2. The molecular weight excluding hydrogens is 248 g/mol. The second-order valence-corrected chi connectivity index (χ2v) is 4.26. The second-order valence-electron chi connectivity index (χ2n) is 4.26. The van der Waals surface area contributed by atoms with E-state index in [9.17, 15) is 15.0 Å². The van der Waals surface area contributed by atoms with E-state index in [2.05, 4.69) is 0 Å². The van der Waals surface area contributed by atoms with Gasteiger partial charge in [-0.2, -0.15) is 0 Å². The molecule has 3 N–H and O–H groups in total. The van der Waals surface area contributed by atoms with Gasteiger partial charge in [0.25, 0.3) is 0 Å². The highest BCUT2D eigenvalue weighted by molar-refractivity contribution is 5.93. The van der Waals surface area contributed by atoms with Crippen LogP contribution >= 0.6 is 0 Å². The third kappa shape index (κ3) is 1.71. The molecule has 0 aliphatic carbocycles. The molecule has 3 rings (SSSR count). The van der Waals surface area contributed by atoms with E-state index in [4.69, 9.17) is 9.52 Å². The smallest absolute Gasteiger partial charge is 0.204 e. The van der Waals surface area contributed by atoms with Crippen molar-refractivity contribution in [2.24, 2.45) is 0 Å². The summed E-state index contributed by atoms with van der Waals surface area (Å²) in [5.74, 6) is -0.300. The molecule has 0 amide bonds. The average molecular weight is 258 g/mol. The Kier molecular flexibility index (Phi) is 2.43. The summed E-state index contributed by atoms with van der Waals surface area (Å²) in [6.45, 7) is -0.263. The first-order valence-corrected chi connectivity index (χ1v) is 5.62. The SMILES string of the molecule is O=c1c2cc(O)ccc2oc2cc(CO)cc(O)c12. The first-order chi connectivity index (χ1) is 9.10. The number of phenols is 2. The average Bonchev–Trinajstić information content (AvgIpc) is 2.39. The van der Waals surface area contributed by atoms with Crippen LogP contribution in [0.2, 0.25) is 0 Å². The summed E-state index contributed by atoms with van der Waals surface area (Å²) in [4.78, 5) is 12.3. The molecule has 0 unspecified atom stereocenters. The molecule has 0 spiro atoms. The van der Waals surface area contributed by atoms with Gasteiger partial charge in [0, 0.05) is 0 Å². The highest BCUT2D eigenvalue weighted by atomic mass is 16.3. The Balaban J connectivity index is 2.54. The lowest BCUT2D eigenvalue weighted by atomic mass is 10.1. The Hall–Kier alpha value is -2.53. The number of fused-ring (bicyclic) bond motifs is 2. The Bertz CT molecular complexity index is 848. The van der Waals surface area contributed by atoms with Crippen molar-refractivity contribution >= 4 is 21.9 Å². The second kappa shape index (κ2) is 4.00. The molecule has 5 nitrogen and oxygen atoms in total. The van der Waals surface area contributed by atoms with Gasteiger partial charge >= 0.3 is 0 Å². The minimum absolute atomic E-state index is 0.0373. The lowest BCUT2D eigenvalue weighted by molar-refractivity contribution is 0.281. The van der Waals surface area contributed by atoms with Gasteiger partial charge in [-0.05, 0) is 35.9 Å². The van der Waals surface area contributed by atoms with E-state index in [0.717, 1.165) is 0 Å². The number of aromatic hydroxyl groups is 2. The zero-order chi connectivity index (χ0) is 13.6. The summed E-state index contributed by atoms with van der Waals surface area (Å²) < 4.78 is 5.52. The fraction of sp³-hybridized carbons (Fsp3) is 0.0714. The summed E-state index contributed by atoms with van der Waals surface area (Å²) >= 11 is 0. The fourth-order valence-corrected chi connectivity index (χ4v) is 2.09. The minimum Gasteiger partial charge on any atom is -0.508 e. The number of rotatable bonds is 1. The van der Waals surface area contributed by atoms with E-state index in [0.29, 0.717) is 11.1 Å². The standard InChI is InChI=1S/C14H10O5/c15-6-7-3-10(17)13-12(4-7)19-11-2-1-8(16)5-9(11)14(13)18/h1-5,15-17H,6H2. The van der Waals surface area contributed by atoms with Gasteiger partial charge in [0.2, 0.25) is 5.43 Å². The molecule has 0 aliphatic heterocycles. The van der Waals surface area contributed by atoms with Gasteiger partial charge in [0.15, 0.2) is 0 Å². The molecule has 5 heteroatoms. The minimum atomic E-state index is -0.422. The van der Waals surface area contributed by atoms with E-state index in [1.54, 1.807) is 0 Å². The van der Waals surface area contributed by atoms with Gasteiger partial charge in [0.05, 0.1) is 12.0 Å². The Labute approximate surface area is 107 Å². The van der Waals surface area contributed by atoms with Crippen molar-refractivity contribution in [1.29, 1.82) is 0 Å². The lowest BCUT2D eigenvalue weighted by Crippen LogP contribution is -2.03. The summed E-state index contributed by atoms with van der Waals surface area (Å²) in [5, 5.41) is 28.6. The summed E-state index contributed by atoms with van der Waals surface area (Å²) in [6.07, 6.45) is 0. The van der Waals surface area contributed by atoms with Crippen LogP contribution in [0.5, 0.6) is 11.5 Å². The number of hydrogen-bond acceptors (Lipinski definition) is 5. The topological polar surface area (TPSA) is 90.9 Å². The largest absolute Gasteiger partial charge is 0.508 e. The lowest BCUT2D eigenvalue weighted by Gasteiger charge is -2.05. The molecule has 0 saturated carbocycles. The van der Waals surface area contributed by atoms with Crippen molar-refractivity contribution in [1.82, 2.24) is 0 Å². The van der Waals surface area contributed by atoms with Crippen LogP contribution in [-0.4, -0.2) is 15.3 Å². The van der Waals surface area contributed by atoms with Crippen LogP contribution in [0.3, 0.4) is 0 Å². The number of hydrogen-bond donors (Lipinski definition) is 3. The molecule has 2 aromatic carbocycles. The van der Waals surface area contributed by atoms with Gasteiger partial charge in [-0.15, -0.1) is 0 Å². The van der Waals surface area contributed by atoms with Crippen LogP contribution in [0.25, 0.3) is 21.9 Å². The van der Waals surface area contributed by atoms with Crippen LogP contribution in [0.15, 0.2) is 39.5 Å². The van der Waals surface area contributed by atoms with Crippen LogP contribution < -0.4 is 5.43 Å². The van der Waals surface area contributed by atoms with Crippen LogP contribution in [-0.2, 0) is 6.61 Å². The van der Waals surface area contributed by atoms with E-state index >= 15 is 0 Å². The van der Waals surface area contributed by atoms with Gasteiger partial charge in [-0.25, -0.2) is 0 Å². The first-order valence-electron chi connectivity index (χ1n) is 5.62. The molecule has 0 fully saturated rings. The third-order valence-electron chi connectivity index (χ3n) is 2.98. The maximum absolute atomic E-state index is 12.3.